The number of carbonyl (C=O) groups is 1. The topological polar surface area (TPSA) is 83.5 Å². The van der Waals surface area contributed by atoms with Gasteiger partial charge in [0, 0.05) is 0 Å². The molecule has 1 unspecified atom stereocenters. The quantitative estimate of drug-likeness (QED) is 0.364. The van der Waals surface area contributed by atoms with Crippen molar-refractivity contribution in [3.8, 4) is 0 Å². The second-order valence-corrected chi connectivity index (χ2v) is 5.87. The Morgan fingerprint density at radius 1 is 1.28 bits per heavy atom. The zero-order valence-corrected chi connectivity index (χ0v) is 11.7. The van der Waals surface area contributed by atoms with Crippen LogP contribution in [0.1, 0.15) is 51.9 Å². The number of hydrogen-bond acceptors (Lipinski definition) is 3. The Hall–Kier alpha value is -0.880. The first-order chi connectivity index (χ1) is 8.41. The van der Waals surface area contributed by atoms with Gasteiger partial charge in [0.05, 0.1) is 0 Å². The highest BCUT2D eigenvalue weighted by molar-refractivity contribution is 7.86. The van der Waals surface area contributed by atoms with Crippen molar-refractivity contribution in [1.29, 1.82) is 0 Å². The van der Waals surface area contributed by atoms with Crippen LogP contribution in [-0.4, -0.2) is 24.3 Å². The lowest BCUT2D eigenvalue weighted by Gasteiger charge is -2.14. The van der Waals surface area contributed by atoms with Gasteiger partial charge in [0.15, 0.2) is 5.37 Å². The summed E-state index contributed by atoms with van der Waals surface area (Å²) < 4.78 is 31.1. The fourth-order valence-electron chi connectivity index (χ4n) is 1.62. The monoisotopic (exact) mass is 277 g/mol. The van der Waals surface area contributed by atoms with Crippen LogP contribution in [0, 0.1) is 0 Å². The lowest BCUT2D eigenvalue weighted by molar-refractivity contribution is -0.116. The molecule has 5 nitrogen and oxygen atoms in total. The lowest BCUT2D eigenvalue weighted by Crippen LogP contribution is -2.39. The number of amides is 1. The highest BCUT2D eigenvalue weighted by atomic mass is 32.2. The number of hydrogen-bond donors (Lipinski definition) is 2. The first-order valence-electron chi connectivity index (χ1n) is 6.31. The van der Waals surface area contributed by atoms with Gasteiger partial charge < -0.3 is 5.32 Å². The average Bonchev–Trinajstić information content (AvgIpc) is 2.30. The molecule has 1 atom stereocenters. The number of nitrogens with one attached hydrogen (secondary N) is 1. The minimum atomic E-state index is -4.25. The van der Waals surface area contributed by atoms with Crippen molar-refractivity contribution in [2.75, 3.05) is 0 Å². The van der Waals surface area contributed by atoms with Gasteiger partial charge in [0.1, 0.15) is 0 Å². The van der Waals surface area contributed by atoms with E-state index in [4.69, 9.17) is 4.55 Å². The van der Waals surface area contributed by atoms with Crippen molar-refractivity contribution in [3.05, 3.63) is 12.7 Å². The summed E-state index contributed by atoms with van der Waals surface area (Å²) in [6.07, 6.45) is 7.27. The SMILES string of the molecule is C=CC(=O)NC(CCCCCCCC)S(=O)(=O)O. The molecular formula is C12H23NO4S. The number of unbranched alkanes of at least 4 members (excludes halogenated alkanes) is 5. The maximum atomic E-state index is 11.1. The molecule has 0 aliphatic rings. The van der Waals surface area contributed by atoms with Crippen LogP contribution >= 0.6 is 0 Å². The highest BCUT2D eigenvalue weighted by Crippen LogP contribution is 2.11. The molecule has 0 saturated carbocycles. The molecule has 0 radical (unpaired) electrons. The summed E-state index contributed by atoms with van der Waals surface area (Å²) in [5.74, 6) is -0.594. The van der Waals surface area contributed by atoms with Crippen molar-refractivity contribution in [2.24, 2.45) is 0 Å². The van der Waals surface area contributed by atoms with E-state index in [2.05, 4.69) is 18.8 Å². The standard InChI is InChI=1S/C12H23NO4S/c1-3-5-6-7-8-9-10-12(18(15,16)17)13-11(14)4-2/h4,12H,2-3,5-10H2,1H3,(H,13,14)(H,15,16,17). The smallest absolute Gasteiger partial charge is 0.286 e. The molecule has 1 amide bonds. The third-order valence-corrected chi connectivity index (χ3v) is 3.74. The maximum Gasteiger partial charge on any atom is 0.286 e. The van der Waals surface area contributed by atoms with Gasteiger partial charge in [-0.05, 0) is 12.5 Å². The van der Waals surface area contributed by atoms with E-state index >= 15 is 0 Å². The van der Waals surface area contributed by atoms with E-state index in [0.29, 0.717) is 6.42 Å². The third kappa shape index (κ3) is 8.25. The Bertz CT molecular complexity index is 351. The van der Waals surface area contributed by atoms with Crippen LogP contribution in [0.2, 0.25) is 0 Å². The molecule has 0 fully saturated rings. The molecule has 0 bridgehead atoms. The van der Waals surface area contributed by atoms with Crippen molar-refractivity contribution >= 4 is 16.0 Å². The number of rotatable bonds is 10. The van der Waals surface area contributed by atoms with Gasteiger partial charge in [-0.2, -0.15) is 8.42 Å². The van der Waals surface area contributed by atoms with E-state index in [1.165, 1.54) is 6.42 Å². The average molecular weight is 277 g/mol. The summed E-state index contributed by atoms with van der Waals surface area (Å²) >= 11 is 0. The van der Waals surface area contributed by atoms with E-state index in [-0.39, 0.29) is 6.42 Å². The Balaban J connectivity index is 4.04. The van der Waals surface area contributed by atoms with Crippen molar-refractivity contribution in [3.63, 3.8) is 0 Å². The summed E-state index contributed by atoms with van der Waals surface area (Å²) in [6, 6.07) is 0. The molecule has 0 saturated heterocycles. The summed E-state index contributed by atoms with van der Waals surface area (Å²) in [6.45, 7) is 5.36. The molecule has 0 rings (SSSR count). The fraction of sp³-hybridized carbons (Fsp3) is 0.750. The van der Waals surface area contributed by atoms with Crippen LogP contribution in [0.3, 0.4) is 0 Å². The molecule has 0 aliphatic carbocycles. The van der Waals surface area contributed by atoms with Gasteiger partial charge >= 0.3 is 0 Å². The van der Waals surface area contributed by atoms with E-state index in [0.717, 1.165) is 31.8 Å². The summed E-state index contributed by atoms with van der Waals surface area (Å²) in [5.41, 5.74) is 0. The molecule has 0 aromatic heterocycles. The fourth-order valence-corrected chi connectivity index (χ4v) is 2.35. The van der Waals surface area contributed by atoms with Crippen LogP contribution in [-0.2, 0) is 14.9 Å². The number of carbonyl (C=O) groups excluding carboxylic acids is 1. The predicted molar refractivity (Wildman–Crippen MR) is 71.7 cm³/mol. The van der Waals surface area contributed by atoms with Crippen molar-refractivity contribution in [1.82, 2.24) is 5.32 Å². The van der Waals surface area contributed by atoms with E-state index in [1.807, 2.05) is 0 Å². The molecule has 0 aliphatic heterocycles. The van der Waals surface area contributed by atoms with Crippen LogP contribution in [0.25, 0.3) is 0 Å². The molecule has 0 aromatic rings. The zero-order chi connectivity index (χ0) is 14.0. The molecule has 0 spiro atoms. The largest absolute Gasteiger partial charge is 0.334 e. The Kier molecular flexibility index (Phi) is 8.66. The van der Waals surface area contributed by atoms with Gasteiger partial charge in [-0.15, -0.1) is 0 Å². The molecule has 0 aromatic carbocycles. The predicted octanol–water partition coefficient (Wildman–Crippen LogP) is 2.25. The van der Waals surface area contributed by atoms with Crippen molar-refractivity contribution < 1.29 is 17.8 Å². The molecule has 18 heavy (non-hydrogen) atoms. The third-order valence-electron chi connectivity index (χ3n) is 2.67. The maximum absolute atomic E-state index is 11.1. The summed E-state index contributed by atoms with van der Waals surface area (Å²) in [5, 5.41) is 0.986. The Labute approximate surface area is 109 Å². The van der Waals surface area contributed by atoms with Gasteiger partial charge in [-0.3, -0.25) is 9.35 Å². The van der Waals surface area contributed by atoms with Crippen LogP contribution in [0.5, 0.6) is 0 Å². The molecular weight excluding hydrogens is 254 g/mol. The van der Waals surface area contributed by atoms with Crippen LogP contribution < -0.4 is 5.32 Å². The highest BCUT2D eigenvalue weighted by Gasteiger charge is 2.23. The normalized spacial score (nSPS) is 13.0. The Morgan fingerprint density at radius 2 is 1.83 bits per heavy atom. The minimum absolute atomic E-state index is 0.227. The molecule has 6 heteroatoms. The van der Waals surface area contributed by atoms with Gasteiger partial charge in [-0.25, -0.2) is 0 Å². The van der Waals surface area contributed by atoms with Crippen LogP contribution in [0.15, 0.2) is 12.7 Å². The van der Waals surface area contributed by atoms with Gasteiger partial charge in [-0.1, -0.05) is 52.0 Å². The second-order valence-electron chi connectivity index (χ2n) is 4.27. The minimum Gasteiger partial charge on any atom is -0.334 e. The van der Waals surface area contributed by atoms with Gasteiger partial charge in [0.25, 0.3) is 10.1 Å². The van der Waals surface area contributed by atoms with Crippen LogP contribution in [0.4, 0.5) is 0 Å². The Morgan fingerprint density at radius 3 is 2.33 bits per heavy atom. The first kappa shape index (κ1) is 17.1. The molecule has 0 heterocycles. The molecule has 2 N–H and O–H groups in total. The van der Waals surface area contributed by atoms with E-state index < -0.39 is 21.4 Å². The van der Waals surface area contributed by atoms with E-state index in [1.54, 1.807) is 0 Å². The zero-order valence-electron chi connectivity index (χ0n) is 10.9. The second kappa shape index (κ2) is 9.10. The van der Waals surface area contributed by atoms with Gasteiger partial charge in [0.2, 0.25) is 5.91 Å². The lowest BCUT2D eigenvalue weighted by atomic mass is 10.1. The first-order valence-corrected chi connectivity index (χ1v) is 7.81. The van der Waals surface area contributed by atoms with Crippen molar-refractivity contribution in [2.45, 2.75) is 57.2 Å². The van der Waals surface area contributed by atoms with E-state index in [9.17, 15) is 13.2 Å². The molecule has 106 valence electrons. The summed E-state index contributed by atoms with van der Waals surface area (Å²) in [7, 11) is -4.25. The summed E-state index contributed by atoms with van der Waals surface area (Å²) in [4.78, 5) is 11.0.